The van der Waals surface area contributed by atoms with Crippen molar-refractivity contribution in [3.63, 3.8) is 0 Å². The van der Waals surface area contributed by atoms with Crippen LogP contribution in [0.5, 0.6) is 0 Å². The predicted octanol–water partition coefficient (Wildman–Crippen LogP) is 1.75. The fraction of sp³-hybridized carbons (Fsp3) is 0.769. The topological polar surface area (TPSA) is 59.2 Å². The van der Waals surface area contributed by atoms with Crippen LogP contribution in [0.15, 0.2) is 4.52 Å². The lowest BCUT2D eigenvalue weighted by Gasteiger charge is -2.31. The van der Waals surface area contributed by atoms with Crippen LogP contribution in [0, 0.1) is 5.92 Å². The minimum absolute atomic E-state index is 0.170. The molecule has 2 heterocycles. The third-order valence-corrected chi connectivity index (χ3v) is 3.85. The molecule has 5 heteroatoms. The predicted molar refractivity (Wildman–Crippen MR) is 65.0 cm³/mol. The summed E-state index contributed by atoms with van der Waals surface area (Å²) >= 11 is 0. The van der Waals surface area contributed by atoms with Crippen LogP contribution in [0.3, 0.4) is 0 Å². The van der Waals surface area contributed by atoms with Gasteiger partial charge in [0.2, 0.25) is 11.8 Å². The number of rotatable bonds is 3. The summed E-state index contributed by atoms with van der Waals surface area (Å²) in [6.45, 7) is 3.36. The molecule has 1 saturated carbocycles. The summed E-state index contributed by atoms with van der Waals surface area (Å²) < 4.78 is 5.30. The minimum Gasteiger partial charge on any atom is -0.343 e. The fourth-order valence-corrected chi connectivity index (χ4v) is 2.62. The van der Waals surface area contributed by atoms with Crippen molar-refractivity contribution in [3.05, 3.63) is 11.7 Å². The van der Waals surface area contributed by atoms with Gasteiger partial charge in [-0.05, 0) is 31.6 Å². The molecule has 0 unspecified atom stereocenters. The van der Waals surface area contributed by atoms with Gasteiger partial charge in [0.1, 0.15) is 0 Å². The average Bonchev–Trinajstić information content (AvgIpc) is 3.11. The normalized spacial score (nSPS) is 24.3. The molecule has 1 atom stereocenters. The maximum atomic E-state index is 11.4. The number of piperidine rings is 1. The maximum absolute atomic E-state index is 11.4. The molecule has 1 amide bonds. The van der Waals surface area contributed by atoms with E-state index in [0.717, 1.165) is 44.1 Å². The highest BCUT2D eigenvalue weighted by Gasteiger charge is 2.29. The number of aromatic nitrogens is 2. The minimum atomic E-state index is 0.170. The van der Waals surface area contributed by atoms with Gasteiger partial charge in [0.05, 0.1) is 0 Å². The Morgan fingerprint density at radius 2 is 2.28 bits per heavy atom. The van der Waals surface area contributed by atoms with Crippen molar-refractivity contribution in [3.8, 4) is 0 Å². The number of nitrogens with zero attached hydrogens (tertiary/aromatic N) is 3. The van der Waals surface area contributed by atoms with Crippen LogP contribution in [-0.4, -0.2) is 34.0 Å². The van der Waals surface area contributed by atoms with Crippen molar-refractivity contribution >= 4 is 5.91 Å². The highest BCUT2D eigenvalue weighted by Crippen LogP contribution is 2.38. The molecule has 0 bridgehead atoms. The number of carbonyl (C=O) groups is 1. The second-order valence-corrected chi connectivity index (χ2v) is 5.50. The number of hydrogen-bond acceptors (Lipinski definition) is 4. The molecule has 1 aliphatic heterocycles. The molecule has 0 radical (unpaired) electrons. The van der Waals surface area contributed by atoms with E-state index in [0.29, 0.717) is 11.8 Å². The molecule has 0 aromatic carbocycles. The van der Waals surface area contributed by atoms with Crippen molar-refractivity contribution in [1.82, 2.24) is 15.0 Å². The summed E-state index contributed by atoms with van der Waals surface area (Å²) in [6, 6.07) is 0. The van der Waals surface area contributed by atoms with E-state index in [9.17, 15) is 4.79 Å². The number of hydrogen-bond donors (Lipinski definition) is 0. The van der Waals surface area contributed by atoms with Crippen molar-refractivity contribution in [2.75, 3.05) is 13.1 Å². The Hall–Kier alpha value is -1.39. The summed E-state index contributed by atoms with van der Waals surface area (Å²) in [4.78, 5) is 17.8. The van der Waals surface area contributed by atoms with Crippen LogP contribution in [0.4, 0.5) is 0 Å². The molecular weight excluding hydrogens is 230 g/mol. The lowest BCUT2D eigenvalue weighted by Crippen LogP contribution is -2.39. The van der Waals surface area contributed by atoms with E-state index in [1.165, 1.54) is 12.8 Å². The molecule has 0 spiro atoms. The van der Waals surface area contributed by atoms with Gasteiger partial charge in [-0.2, -0.15) is 4.98 Å². The van der Waals surface area contributed by atoms with Gasteiger partial charge in [-0.15, -0.1) is 0 Å². The smallest absolute Gasteiger partial charge is 0.226 e. The van der Waals surface area contributed by atoms with Gasteiger partial charge in [-0.3, -0.25) is 4.79 Å². The summed E-state index contributed by atoms with van der Waals surface area (Å²) in [6.07, 6.45) is 5.42. The highest BCUT2D eigenvalue weighted by atomic mass is 16.5. The van der Waals surface area contributed by atoms with Crippen LogP contribution in [-0.2, 0) is 11.2 Å². The highest BCUT2D eigenvalue weighted by molar-refractivity contribution is 5.73. The molecule has 0 N–H and O–H groups in total. The van der Waals surface area contributed by atoms with Gasteiger partial charge in [-0.25, -0.2) is 0 Å². The molecule has 3 rings (SSSR count). The summed E-state index contributed by atoms with van der Waals surface area (Å²) in [5.41, 5.74) is 0. The fourth-order valence-electron chi connectivity index (χ4n) is 2.62. The molecular formula is C13H19N3O2. The second kappa shape index (κ2) is 4.71. The SMILES string of the molecule is CC(=O)N1CCC[C@H](Cc2nc(C3CC3)no2)C1. The first kappa shape index (κ1) is 11.7. The first-order valence-corrected chi connectivity index (χ1v) is 6.80. The van der Waals surface area contributed by atoms with Gasteiger partial charge in [-0.1, -0.05) is 5.16 Å². The quantitative estimate of drug-likeness (QED) is 0.818. The van der Waals surface area contributed by atoms with Gasteiger partial charge >= 0.3 is 0 Å². The van der Waals surface area contributed by atoms with Crippen molar-refractivity contribution in [1.29, 1.82) is 0 Å². The molecule has 18 heavy (non-hydrogen) atoms. The van der Waals surface area contributed by atoms with Gasteiger partial charge in [0.25, 0.3) is 0 Å². The van der Waals surface area contributed by atoms with E-state index in [4.69, 9.17) is 4.52 Å². The zero-order valence-electron chi connectivity index (χ0n) is 10.8. The van der Waals surface area contributed by atoms with Crippen molar-refractivity contribution in [2.24, 2.45) is 5.92 Å². The van der Waals surface area contributed by atoms with Crippen molar-refractivity contribution < 1.29 is 9.32 Å². The largest absolute Gasteiger partial charge is 0.343 e. The Morgan fingerprint density at radius 3 is 3.00 bits per heavy atom. The Balaban J connectivity index is 1.59. The van der Waals surface area contributed by atoms with Gasteiger partial charge in [0, 0.05) is 32.4 Å². The number of amides is 1. The Kier molecular flexibility index (Phi) is 3.06. The standard InChI is InChI=1S/C13H19N3O2/c1-9(17)16-6-2-3-10(8-16)7-12-14-13(15-18-12)11-4-5-11/h10-11H,2-8H2,1H3/t10-/m1/s1. The molecule has 2 aliphatic rings. The molecule has 5 nitrogen and oxygen atoms in total. The molecule has 1 aromatic rings. The van der Waals surface area contributed by atoms with Crippen LogP contribution < -0.4 is 0 Å². The summed E-state index contributed by atoms with van der Waals surface area (Å²) in [7, 11) is 0. The van der Waals surface area contributed by atoms with E-state index in [2.05, 4.69) is 10.1 Å². The lowest BCUT2D eigenvalue weighted by molar-refractivity contribution is -0.130. The van der Waals surface area contributed by atoms with E-state index < -0.39 is 0 Å². The van der Waals surface area contributed by atoms with Crippen LogP contribution >= 0.6 is 0 Å². The first-order chi connectivity index (χ1) is 8.72. The van der Waals surface area contributed by atoms with Gasteiger partial charge in [0.15, 0.2) is 5.82 Å². The van der Waals surface area contributed by atoms with E-state index >= 15 is 0 Å². The zero-order chi connectivity index (χ0) is 12.5. The van der Waals surface area contributed by atoms with Crippen LogP contribution in [0.2, 0.25) is 0 Å². The molecule has 1 saturated heterocycles. The number of carbonyl (C=O) groups excluding carboxylic acids is 1. The monoisotopic (exact) mass is 249 g/mol. The molecule has 98 valence electrons. The lowest BCUT2D eigenvalue weighted by atomic mass is 9.95. The third-order valence-electron chi connectivity index (χ3n) is 3.85. The van der Waals surface area contributed by atoms with E-state index in [1.54, 1.807) is 6.92 Å². The molecule has 2 fully saturated rings. The average molecular weight is 249 g/mol. The zero-order valence-corrected chi connectivity index (χ0v) is 10.8. The van der Waals surface area contributed by atoms with E-state index in [-0.39, 0.29) is 5.91 Å². The molecule has 1 aliphatic carbocycles. The van der Waals surface area contributed by atoms with Crippen molar-refractivity contribution in [2.45, 2.75) is 44.9 Å². The second-order valence-electron chi connectivity index (χ2n) is 5.50. The van der Waals surface area contributed by atoms with Gasteiger partial charge < -0.3 is 9.42 Å². The summed E-state index contributed by atoms with van der Waals surface area (Å²) in [5, 5.41) is 4.03. The maximum Gasteiger partial charge on any atom is 0.226 e. The van der Waals surface area contributed by atoms with Crippen LogP contribution in [0.25, 0.3) is 0 Å². The Labute approximate surface area is 107 Å². The number of likely N-dealkylation sites (tertiary alicyclic amines) is 1. The molecule has 1 aromatic heterocycles. The third kappa shape index (κ3) is 2.54. The summed E-state index contributed by atoms with van der Waals surface area (Å²) in [5.74, 6) is 2.80. The first-order valence-electron chi connectivity index (χ1n) is 6.80. The Morgan fingerprint density at radius 1 is 1.44 bits per heavy atom. The van der Waals surface area contributed by atoms with E-state index in [1.807, 2.05) is 4.90 Å². The Bertz CT molecular complexity index is 439. The van der Waals surface area contributed by atoms with Crippen LogP contribution in [0.1, 0.15) is 50.2 Å².